The second-order valence-corrected chi connectivity index (χ2v) is 7.81. The van der Waals surface area contributed by atoms with Crippen molar-refractivity contribution < 1.29 is 24.2 Å². The Labute approximate surface area is 154 Å². The Hall–Kier alpha value is -2.24. The van der Waals surface area contributed by atoms with Crippen molar-refractivity contribution in [2.75, 3.05) is 26.8 Å². The van der Waals surface area contributed by atoms with Crippen LogP contribution in [-0.2, 0) is 4.79 Å². The maximum absolute atomic E-state index is 12.9. The second kappa shape index (κ2) is 7.17. The van der Waals surface area contributed by atoms with Crippen LogP contribution in [0.15, 0.2) is 18.2 Å². The molecule has 1 aromatic rings. The highest BCUT2D eigenvalue weighted by atomic mass is 16.5. The number of aliphatic carboxylic acids is 1. The van der Waals surface area contributed by atoms with Gasteiger partial charge in [-0.25, -0.2) is 0 Å². The van der Waals surface area contributed by atoms with E-state index in [-0.39, 0.29) is 11.8 Å². The third kappa shape index (κ3) is 3.24. The van der Waals surface area contributed by atoms with Crippen LogP contribution in [0, 0.1) is 17.3 Å². The van der Waals surface area contributed by atoms with E-state index in [0.29, 0.717) is 49.1 Å². The van der Waals surface area contributed by atoms with Crippen molar-refractivity contribution in [1.29, 1.82) is 0 Å². The maximum atomic E-state index is 12.9. The molecule has 1 aliphatic heterocycles. The molecule has 0 unspecified atom stereocenters. The van der Waals surface area contributed by atoms with E-state index in [9.17, 15) is 14.7 Å². The summed E-state index contributed by atoms with van der Waals surface area (Å²) in [5.41, 5.74) is -0.265. The van der Waals surface area contributed by atoms with Gasteiger partial charge >= 0.3 is 5.97 Å². The molecule has 1 aromatic carbocycles. The number of amides is 1. The summed E-state index contributed by atoms with van der Waals surface area (Å²) < 4.78 is 11.1. The van der Waals surface area contributed by atoms with Crippen LogP contribution >= 0.6 is 0 Å². The summed E-state index contributed by atoms with van der Waals surface area (Å²) >= 11 is 0. The van der Waals surface area contributed by atoms with Gasteiger partial charge in [0.2, 0.25) is 0 Å². The molecule has 6 heteroatoms. The summed E-state index contributed by atoms with van der Waals surface area (Å²) in [4.78, 5) is 26.4. The van der Waals surface area contributed by atoms with E-state index in [1.807, 2.05) is 0 Å². The lowest BCUT2D eigenvalue weighted by molar-refractivity contribution is -0.149. The summed E-state index contributed by atoms with van der Waals surface area (Å²) in [6.07, 6.45) is 2.46. The fourth-order valence-corrected chi connectivity index (χ4v) is 4.15. The molecule has 1 N–H and O–H groups in total. The molecule has 1 heterocycles. The molecule has 26 heavy (non-hydrogen) atoms. The molecule has 1 saturated carbocycles. The average Bonchev–Trinajstić information content (AvgIpc) is 3.17. The van der Waals surface area contributed by atoms with Crippen LogP contribution in [0.1, 0.15) is 43.5 Å². The lowest BCUT2D eigenvalue weighted by Gasteiger charge is -2.23. The highest BCUT2D eigenvalue weighted by molar-refractivity contribution is 5.96. The van der Waals surface area contributed by atoms with E-state index < -0.39 is 11.4 Å². The number of carboxylic acid groups (broad SMARTS) is 1. The first kappa shape index (κ1) is 18.5. The fraction of sp³-hybridized carbons (Fsp3) is 0.600. The number of fused-ring (bicyclic) bond motifs is 1. The van der Waals surface area contributed by atoms with E-state index in [4.69, 9.17) is 9.47 Å². The Morgan fingerprint density at radius 3 is 2.73 bits per heavy atom. The largest absolute Gasteiger partial charge is 0.493 e. The molecular weight excluding hydrogens is 334 g/mol. The Bertz CT molecular complexity index is 701. The predicted molar refractivity (Wildman–Crippen MR) is 96.6 cm³/mol. The first-order chi connectivity index (χ1) is 12.4. The monoisotopic (exact) mass is 361 g/mol. The van der Waals surface area contributed by atoms with Crippen molar-refractivity contribution in [2.45, 2.75) is 33.1 Å². The smallest absolute Gasteiger partial charge is 0.311 e. The normalized spacial score (nSPS) is 24.6. The van der Waals surface area contributed by atoms with Gasteiger partial charge in [-0.05, 0) is 42.9 Å². The highest BCUT2D eigenvalue weighted by Crippen LogP contribution is 2.49. The van der Waals surface area contributed by atoms with Crippen molar-refractivity contribution in [1.82, 2.24) is 4.90 Å². The van der Waals surface area contributed by atoms with Gasteiger partial charge in [-0.2, -0.15) is 0 Å². The molecule has 1 saturated heterocycles. The van der Waals surface area contributed by atoms with Gasteiger partial charge in [-0.15, -0.1) is 0 Å². The third-order valence-corrected chi connectivity index (χ3v) is 5.57. The summed E-state index contributed by atoms with van der Waals surface area (Å²) in [7, 11) is 1.55. The Morgan fingerprint density at radius 2 is 2.12 bits per heavy atom. The maximum Gasteiger partial charge on any atom is 0.311 e. The number of carbonyl (C=O) groups is 2. The van der Waals surface area contributed by atoms with Gasteiger partial charge in [0.25, 0.3) is 5.91 Å². The Balaban J connectivity index is 1.77. The quantitative estimate of drug-likeness (QED) is 0.843. The first-order valence-corrected chi connectivity index (χ1v) is 9.21. The first-order valence-electron chi connectivity index (χ1n) is 9.21. The van der Waals surface area contributed by atoms with Gasteiger partial charge in [0, 0.05) is 18.7 Å². The minimum atomic E-state index is -0.773. The second-order valence-electron chi connectivity index (χ2n) is 7.81. The van der Waals surface area contributed by atoms with Crippen LogP contribution in [0.25, 0.3) is 0 Å². The molecule has 2 fully saturated rings. The molecule has 0 aromatic heterocycles. The zero-order chi connectivity index (χ0) is 18.9. The molecule has 0 spiro atoms. The molecular formula is C20H27NO5. The van der Waals surface area contributed by atoms with Crippen molar-refractivity contribution in [2.24, 2.45) is 17.3 Å². The van der Waals surface area contributed by atoms with Crippen LogP contribution in [0.4, 0.5) is 0 Å². The van der Waals surface area contributed by atoms with Crippen molar-refractivity contribution in [3.8, 4) is 11.5 Å². The van der Waals surface area contributed by atoms with E-state index >= 15 is 0 Å². The SMILES string of the molecule is COc1cc(C(=O)N2C[C@@H]3CCC[C@@]3(C(=O)O)C2)ccc1OCC(C)C. The standard InChI is InChI=1S/C20H27NO5/c1-13(2)11-26-16-7-6-14(9-17(16)25-3)18(22)21-10-15-5-4-8-20(15,12-21)19(23)24/h6-7,9,13,15H,4-5,8,10-12H2,1-3H3,(H,23,24)/t15-,20+/m0/s1. The number of ether oxygens (including phenoxy) is 2. The number of hydrogen-bond acceptors (Lipinski definition) is 4. The van der Waals surface area contributed by atoms with Gasteiger partial charge in [0.05, 0.1) is 19.1 Å². The number of hydrogen-bond donors (Lipinski definition) is 1. The van der Waals surface area contributed by atoms with Gasteiger partial charge in [-0.3, -0.25) is 9.59 Å². The summed E-state index contributed by atoms with van der Waals surface area (Å²) in [6, 6.07) is 5.15. The molecule has 1 aliphatic carbocycles. The zero-order valence-electron chi connectivity index (χ0n) is 15.7. The third-order valence-electron chi connectivity index (χ3n) is 5.57. The number of carboxylic acids is 1. The van der Waals surface area contributed by atoms with Crippen LogP contribution in [0.3, 0.4) is 0 Å². The van der Waals surface area contributed by atoms with E-state index in [1.165, 1.54) is 0 Å². The number of benzene rings is 1. The summed E-state index contributed by atoms with van der Waals surface area (Å²) in [5, 5.41) is 9.69. The summed E-state index contributed by atoms with van der Waals surface area (Å²) in [6.45, 7) is 5.50. The van der Waals surface area contributed by atoms with Crippen LogP contribution in [0.2, 0.25) is 0 Å². The number of likely N-dealkylation sites (tertiary alicyclic amines) is 1. The van der Waals surface area contributed by atoms with Crippen LogP contribution < -0.4 is 9.47 Å². The van der Waals surface area contributed by atoms with Crippen LogP contribution in [-0.4, -0.2) is 48.7 Å². The van der Waals surface area contributed by atoms with Gasteiger partial charge in [0.1, 0.15) is 0 Å². The van der Waals surface area contributed by atoms with E-state index in [2.05, 4.69) is 13.8 Å². The average molecular weight is 361 g/mol. The molecule has 2 aliphatic rings. The topological polar surface area (TPSA) is 76.1 Å². The highest BCUT2D eigenvalue weighted by Gasteiger charge is 2.55. The molecule has 2 atom stereocenters. The minimum Gasteiger partial charge on any atom is -0.493 e. The molecule has 0 radical (unpaired) electrons. The minimum absolute atomic E-state index is 0.0551. The molecule has 1 amide bonds. The Kier molecular flexibility index (Phi) is 5.12. The number of rotatable bonds is 6. The van der Waals surface area contributed by atoms with Crippen LogP contribution in [0.5, 0.6) is 11.5 Å². The van der Waals surface area contributed by atoms with Crippen molar-refractivity contribution in [3.63, 3.8) is 0 Å². The molecule has 142 valence electrons. The summed E-state index contributed by atoms with van der Waals surface area (Å²) in [5.74, 6) is 0.651. The fourth-order valence-electron chi connectivity index (χ4n) is 4.15. The predicted octanol–water partition coefficient (Wildman–Crippen LogP) is 3.06. The number of carbonyl (C=O) groups excluding carboxylic acids is 1. The van der Waals surface area contributed by atoms with Gasteiger partial charge in [-0.1, -0.05) is 20.3 Å². The lowest BCUT2D eigenvalue weighted by atomic mass is 9.81. The molecule has 3 rings (SSSR count). The van der Waals surface area contributed by atoms with Gasteiger partial charge in [0.15, 0.2) is 11.5 Å². The van der Waals surface area contributed by atoms with Gasteiger partial charge < -0.3 is 19.5 Å². The van der Waals surface area contributed by atoms with Crippen molar-refractivity contribution in [3.05, 3.63) is 23.8 Å². The Morgan fingerprint density at radius 1 is 1.35 bits per heavy atom. The number of methoxy groups -OCH3 is 1. The lowest BCUT2D eigenvalue weighted by Crippen LogP contribution is -2.37. The molecule has 0 bridgehead atoms. The zero-order valence-corrected chi connectivity index (χ0v) is 15.7. The molecule has 6 nitrogen and oxygen atoms in total. The van der Waals surface area contributed by atoms with E-state index in [0.717, 1.165) is 12.8 Å². The number of nitrogens with zero attached hydrogens (tertiary/aromatic N) is 1. The van der Waals surface area contributed by atoms with Crippen molar-refractivity contribution >= 4 is 11.9 Å². The van der Waals surface area contributed by atoms with E-state index in [1.54, 1.807) is 30.2 Å².